The fourth-order valence-electron chi connectivity index (χ4n) is 2.41. The molecule has 5 nitrogen and oxygen atoms in total. The van der Waals surface area contributed by atoms with Gasteiger partial charge in [0.25, 0.3) is 0 Å². The Balaban J connectivity index is 2.37. The van der Waals surface area contributed by atoms with Gasteiger partial charge in [-0.1, -0.05) is 19.3 Å². The normalized spacial score (nSPS) is 18.9. The monoisotopic (exact) mass is 302 g/mol. The van der Waals surface area contributed by atoms with Crippen LogP contribution in [0.4, 0.5) is 0 Å². The van der Waals surface area contributed by atoms with Crippen molar-refractivity contribution in [1.29, 1.82) is 0 Å². The Morgan fingerprint density at radius 3 is 2.35 bits per heavy atom. The first-order valence-electron chi connectivity index (χ1n) is 7.37. The van der Waals surface area contributed by atoms with Crippen molar-refractivity contribution >= 4 is 23.6 Å². The molecule has 0 aromatic carbocycles. The molecule has 0 radical (unpaired) electrons. The molecular formula is C14H26N2O3S. The van der Waals surface area contributed by atoms with E-state index in [1.165, 1.54) is 19.3 Å². The molecule has 1 aliphatic heterocycles. The average molecular weight is 302 g/mol. The summed E-state index contributed by atoms with van der Waals surface area (Å²) in [4.78, 5) is 25.2. The number of hydrogen-bond acceptors (Lipinski definition) is 4. The van der Waals surface area contributed by atoms with Crippen LogP contribution in [-0.4, -0.2) is 59.6 Å². The third-order valence-corrected chi connectivity index (χ3v) is 4.20. The average Bonchev–Trinajstić information content (AvgIpc) is 2.37. The molecule has 1 atom stereocenters. The van der Waals surface area contributed by atoms with E-state index in [9.17, 15) is 9.59 Å². The van der Waals surface area contributed by atoms with Gasteiger partial charge in [0.05, 0.1) is 6.54 Å². The molecule has 1 rings (SSSR count). The maximum atomic E-state index is 12.0. The van der Waals surface area contributed by atoms with Crippen molar-refractivity contribution in [2.75, 3.05) is 31.6 Å². The molecule has 0 aliphatic carbocycles. The topological polar surface area (TPSA) is 69.6 Å². The van der Waals surface area contributed by atoms with E-state index in [0.29, 0.717) is 13.0 Å². The number of likely N-dealkylation sites (tertiary alicyclic amines) is 1. The smallest absolute Gasteiger partial charge is 0.326 e. The Morgan fingerprint density at radius 1 is 1.20 bits per heavy atom. The van der Waals surface area contributed by atoms with Crippen molar-refractivity contribution in [3.05, 3.63) is 0 Å². The number of nitrogens with one attached hydrogen (secondary N) is 1. The van der Waals surface area contributed by atoms with E-state index in [-0.39, 0.29) is 5.91 Å². The lowest BCUT2D eigenvalue weighted by molar-refractivity contribution is -0.142. The summed E-state index contributed by atoms with van der Waals surface area (Å²) >= 11 is 1.59. The van der Waals surface area contributed by atoms with Crippen LogP contribution in [0.1, 0.15) is 38.5 Å². The standard InChI is InChI=1S/C14H26N2O3S/c1-20-10-7-12(14(18)19)15-13(17)11-16-8-5-3-2-4-6-9-16/h12H,2-11H2,1H3,(H,15,17)(H,18,19). The van der Waals surface area contributed by atoms with Gasteiger partial charge in [-0.2, -0.15) is 11.8 Å². The number of carbonyl (C=O) groups is 2. The Kier molecular flexibility index (Phi) is 8.69. The molecule has 2 N–H and O–H groups in total. The summed E-state index contributed by atoms with van der Waals surface area (Å²) in [6, 6.07) is -0.760. The maximum Gasteiger partial charge on any atom is 0.326 e. The summed E-state index contributed by atoms with van der Waals surface area (Å²) < 4.78 is 0. The molecule has 1 unspecified atom stereocenters. The minimum atomic E-state index is -0.944. The Labute approximate surface area is 125 Å². The first-order chi connectivity index (χ1) is 9.63. The zero-order valence-corrected chi connectivity index (χ0v) is 13.1. The van der Waals surface area contributed by atoms with Crippen molar-refractivity contribution < 1.29 is 14.7 Å². The lowest BCUT2D eigenvalue weighted by atomic mass is 10.1. The van der Waals surface area contributed by atoms with Crippen LogP contribution in [0.2, 0.25) is 0 Å². The SMILES string of the molecule is CSCCC(NC(=O)CN1CCCCCCC1)C(=O)O. The summed E-state index contributed by atoms with van der Waals surface area (Å²) in [5.74, 6) is -0.375. The Hall–Kier alpha value is -0.750. The lowest BCUT2D eigenvalue weighted by Gasteiger charge is -2.24. The molecule has 20 heavy (non-hydrogen) atoms. The highest BCUT2D eigenvalue weighted by molar-refractivity contribution is 7.98. The molecule has 116 valence electrons. The van der Waals surface area contributed by atoms with Gasteiger partial charge in [0.15, 0.2) is 0 Å². The Morgan fingerprint density at radius 2 is 1.80 bits per heavy atom. The molecule has 0 aromatic heterocycles. The quantitative estimate of drug-likeness (QED) is 0.747. The van der Waals surface area contributed by atoms with Gasteiger partial charge in [0.2, 0.25) is 5.91 Å². The molecule has 1 heterocycles. The summed E-state index contributed by atoms with van der Waals surface area (Å²) in [7, 11) is 0. The van der Waals surface area contributed by atoms with Gasteiger partial charge >= 0.3 is 5.97 Å². The highest BCUT2D eigenvalue weighted by atomic mass is 32.2. The van der Waals surface area contributed by atoms with Gasteiger partial charge in [-0.15, -0.1) is 0 Å². The van der Waals surface area contributed by atoms with Crippen LogP contribution in [0.15, 0.2) is 0 Å². The number of aliphatic carboxylic acids is 1. The molecule has 1 saturated heterocycles. The van der Waals surface area contributed by atoms with E-state index >= 15 is 0 Å². The second kappa shape index (κ2) is 10.0. The first kappa shape index (κ1) is 17.3. The minimum Gasteiger partial charge on any atom is -0.480 e. The third-order valence-electron chi connectivity index (χ3n) is 3.56. The molecule has 1 aliphatic rings. The van der Waals surface area contributed by atoms with Gasteiger partial charge in [-0.05, 0) is 44.4 Å². The molecule has 6 heteroatoms. The van der Waals surface area contributed by atoms with Crippen LogP contribution in [0.25, 0.3) is 0 Å². The first-order valence-corrected chi connectivity index (χ1v) is 8.76. The number of hydrogen-bond donors (Lipinski definition) is 2. The molecule has 0 aromatic rings. The van der Waals surface area contributed by atoms with Gasteiger partial charge in [-0.25, -0.2) is 4.79 Å². The summed E-state index contributed by atoms with van der Waals surface area (Å²) in [5.41, 5.74) is 0. The van der Waals surface area contributed by atoms with Crippen LogP contribution in [-0.2, 0) is 9.59 Å². The molecular weight excluding hydrogens is 276 g/mol. The second-order valence-electron chi connectivity index (χ2n) is 5.28. The van der Waals surface area contributed by atoms with Gasteiger partial charge in [-0.3, -0.25) is 9.69 Å². The zero-order chi connectivity index (χ0) is 14.8. The van der Waals surface area contributed by atoms with Gasteiger partial charge in [0, 0.05) is 0 Å². The number of amides is 1. The number of carbonyl (C=O) groups excluding carboxylic acids is 1. The van der Waals surface area contributed by atoms with Crippen molar-refractivity contribution in [3.8, 4) is 0 Å². The van der Waals surface area contributed by atoms with E-state index in [1.54, 1.807) is 11.8 Å². The molecule has 0 spiro atoms. The number of carboxylic acid groups (broad SMARTS) is 1. The maximum absolute atomic E-state index is 12.0. The predicted molar refractivity (Wildman–Crippen MR) is 82.1 cm³/mol. The van der Waals surface area contributed by atoms with Crippen LogP contribution < -0.4 is 5.32 Å². The van der Waals surface area contributed by atoms with E-state index in [2.05, 4.69) is 10.2 Å². The minimum absolute atomic E-state index is 0.168. The lowest BCUT2D eigenvalue weighted by Crippen LogP contribution is -2.46. The molecule has 1 amide bonds. The van der Waals surface area contributed by atoms with E-state index in [4.69, 9.17) is 5.11 Å². The van der Waals surface area contributed by atoms with Crippen LogP contribution >= 0.6 is 11.8 Å². The van der Waals surface area contributed by atoms with Crippen molar-refractivity contribution in [2.24, 2.45) is 0 Å². The fourth-order valence-corrected chi connectivity index (χ4v) is 2.88. The van der Waals surface area contributed by atoms with Gasteiger partial charge in [0.1, 0.15) is 6.04 Å². The van der Waals surface area contributed by atoms with Crippen molar-refractivity contribution in [3.63, 3.8) is 0 Å². The fraction of sp³-hybridized carbons (Fsp3) is 0.857. The van der Waals surface area contributed by atoms with Crippen LogP contribution in [0.3, 0.4) is 0 Å². The number of rotatable bonds is 7. The summed E-state index contributed by atoms with van der Waals surface area (Å²) in [5, 5.41) is 11.7. The second-order valence-corrected chi connectivity index (χ2v) is 6.27. The van der Waals surface area contributed by atoms with E-state index < -0.39 is 12.0 Å². The number of nitrogens with zero attached hydrogens (tertiary/aromatic N) is 1. The predicted octanol–water partition coefficient (Wildman–Crippen LogP) is 1.57. The third kappa shape index (κ3) is 7.14. The largest absolute Gasteiger partial charge is 0.480 e. The summed E-state index contributed by atoms with van der Waals surface area (Å²) in [6.45, 7) is 2.20. The number of thioether (sulfide) groups is 1. The number of carboxylic acids is 1. The summed E-state index contributed by atoms with van der Waals surface area (Å²) in [6.07, 6.45) is 8.40. The highest BCUT2D eigenvalue weighted by Crippen LogP contribution is 2.10. The molecule has 0 saturated carbocycles. The molecule has 0 bridgehead atoms. The zero-order valence-electron chi connectivity index (χ0n) is 12.3. The van der Waals surface area contributed by atoms with Gasteiger partial charge < -0.3 is 10.4 Å². The highest BCUT2D eigenvalue weighted by Gasteiger charge is 2.20. The van der Waals surface area contributed by atoms with E-state index in [1.807, 2.05) is 6.26 Å². The van der Waals surface area contributed by atoms with Crippen LogP contribution in [0.5, 0.6) is 0 Å². The van der Waals surface area contributed by atoms with Crippen molar-refractivity contribution in [1.82, 2.24) is 10.2 Å². The van der Waals surface area contributed by atoms with Crippen LogP contribution in [0, 0.1) is 0 Å². The Bertz CT molecular complexity index is 305. The molecule has 1 fully saturated rings. The van der Waals surface area contributed by atoms with E-state index in [0.717, 1.165) is 31.7 Å². The van der Waals surface area contributed by atoms with Crippen molar-refractivity contribution in [2.45, 2.75) is 44.6 Å².